The van der Waals surface area contributed by atoms with Crippen molar-refractivity contribution in [2.45, 2.75) is 27.7 Å². The molecule has 0 unspecified atom stereocenters. The molecule has 0 amide bonds. The predicted octanol–water partition coefficient (Wildman–Crippen LogP) is 4.06. The number of nitrogens with zero attached hydrogens (tertiary/aromatic N) is 1. The molecule has 0 saturated carbocycles. The van der Waals surface area contributed by atoms with Gasteiger partial charge in [0.2, 0.25) is 0 Å². The summed E-state index contributed by atoms with van der Waals surface area (Å²) >= 11 is 0. The minimum absolute atomic E-state index is 0.804. The van der Waals surface area contributed by atoms with E-state index in [1.54, 1.807) is 0 Å². The molecule has 0 aliphatic rings. The topological polar surface area (TPSA) is 12.4 Å². The summed E-state index contributed by atoms with van der Waals surface area (Å²) in [6, 6.07) is 0. The Morgan fingerprint density at radius 2 is 1.79 bits per heavy atom. The van der Waals surface area contributed by atoms with Crippen molar-refractivity contribution in [2.75, 3.05) is 0 Å². The van der Waals surface area contributed by atoms with Crippen molar-refractivity contribution in [3.8, 4) is 0 Å². The minimum atomic E-state index is 0.804. The number of aliphatic imine (C=N–C) groups is 1. The second kappa shape index (κ2) is 6.14. The zero-order valence-corrected chi connectivity index (χ0v) is 9.59. The highest BCUT2D eigenvalue weighted by Crippen LogP contribution is 2.10. The van der Waals surface area contributed by atoms with Gasteiger partial charge in [-0.1, -0.05) is 30.9 Å². The van der Waals surface area contributed by atoms with Crippen LogP contribution in [0.25, 0.3) is 0 Å². The van der Waals surface area contributed by atoms with E-state index in [4.69, 9.17) is 0 Å². The first kappa shape index (κ1) is 12.6. The van der Waals surface area contributed by atoms with Crippen LogP contribution in [0.4, 0.5) is 0 Å². The third-order valence-electron chi connectivity index (χ3n) is 1.65. The summed E-state index contributed by atoms with van der Waals surface area (Å²) in [5.41, 5.74) is 4.01. The molecule has 1 heteroatoms. The van der Waals surface area contributed by atoms with E-state index >= 15 is 0 Å². The van der Waals surface area contributed by atoms with Crippen molar-refractivity contribution in [1.82, 2.24) is 0 Å². The van der Waals surface area contributed by atoms with E-state index in [0.717, 1.165) is 17.0 Å². The second-order valence-electron chi connectivity index (χ2n) is 3.35. The molecular weight excluding hydrogens is 170 g/mol. The van der Waals surface area contributed by atoms with Gasteiger partial charge >= 0.3 is 0 Å². The van der Waals surface area contributed by atoms with Crippen molar-refractivity contribution in [1.29, 1.82) is 0 Å². The summed E-state index contributed by atoms with van der Waals surface area (Å²) < 4.78 is 0. The molecule has 0 N–H and O–H groups in total. The maximum atomic E-state index is 4.37. The van der Waals surface area contributed by atoms with Gasteiger partial charge in [-0.25, -0.2) is 0 Å². The molecule has 0 fully saturated rings. The lowest BCUT2D eigenvalue weighted by Gasteiger charge is -2.05. The largest absolute Gasteiger partial charge is 0.254 e. The van der Waals surface area contributed by atoms with Crippen molar-refractivity contribution in [3.05, 3.63) is 48.2 Å². The van der Waals surface area contributed by atoms with Crippen LogP contribution in [0, 0.1) is 0 Å². The quantitative estimate of drug-likeness (QED) is 0.467. The summed E-state index contributed by atoms with van der Waals surface area (Å²) in [5.74, 6) is 0. The lowest BCUT2D eigenvalue weighted by atomic mass is 10.1. The van der Waals surface area contributed by atoms with E-state index in [1.807, 2.05) is 32.1 Å². The maximum Gasteiger partial charge on any atom is 0.0700 e. The van der Waals surface area contributed by atoms with Gasteiger partial charge in [0.25, 0.3) is 0 Å². The third-order valence-corrected chi connectivity index (χ3v) is 1.65. The first-order chi connectivity index (χ1) is 6.52. The fraction of sp³-hybridized carbons (Fsp3) is 0.308. The van der Waals surface area contributed by atoms with Crippen LogP contribution >= 0.6 is 0 Å². The molecule has 0 rings (SSSR count). The molecule has 0 bridgehead atoms. The van der Waals surface area contributed by atoms with E-state index in [9.17, 15) is 0 Å². The van der Waals surface area contributed by atoms with Crippen LogP contribution in [0.2, 0.25) is 0 Å². The summed E-state index contributed by atoms with van der Waals surface area (Å²) in [6.07, 6.45) is 5.77. The van der Waals surface area contributed by atoms with Crippen LogP contribution in [0.1, 0.15) is 27.7 Å². The molecule has 0 aliphatic carbocycles. The predicted molar refractivity (Wildman–Crippen MR) is 65.6 cm³/mol. The second-order valence-corrected chi connectivity index (χ2v) is 3.35. The van der Waals surface area contributed by atoms with Gasteiger partial charge in [0.05, 0.1) is 5.71 Å². The Bertz CT molecular complexity index is 310. The zero-order valence-electron chi connectivity index (χ0n) is 9.59. The van der Waals surface area contributed by atoms with Gasteiger partial charge in [-0.15, -0.1) is 0 Å². The Morgan fingerprint density at radius 1 is 1.21 bits per heavy atom. The van der Waals surface area contributed by atoms with Gasteiger partial charge in [-0.05, 0) is 39.3 Å². The molecular formula is C13H19N. The number of rotatable bonds is 4. The molecule has 0 radical (unpaired) electrons. The zero-order chi connectivity index (χ0) is 11.1. The van der Waals surface area contributed by atoms with Crippen molar-refractivity contribution in [3.63, 3.8) is 0 Å². The minimum Gasteiger partial charge on any atom is -0.254 e. The fourth-order valence-electron chi connectivity index (χ4n) is 1.12. The highest BCUT2D eigenvalue weighted by molar-refractivity contribution is 6.11. The molecule has 0 aromatic rings. The van der Waals surface area contributed by atoms with Gasteiger partial charge in [0.1, 0.15) is 0 Å². The molecule has 1 nitrogen and oxygen atoms in total. The van der Waals surface area contributed by atoms with Crippen LogP contribution in [0.5, 0.6) is 0 Å². The Balaban J connectivity index is 5.31. The Kier molecular flexibility index (Phi) is 5.54. The van der Waals surface area contributed by atoms with Gasteiger partial charge < -0.3 is 0 Å². The lowest BCUT2D eigenvalue weighted by molar-refractivity contribution is 1.30. The standard InChI is InChI=1S/C13H19N/c1-7-9-13(14-11(5)6)12(8-2)10(3)4/h7-9H,2,5H2,1,3-4,6H3/b9-7-,14-13?. The average molecular weight is 189 g/mol. The maximum absolute atomic E-state index is 4.37. The molecule has 0 aromatic heterocycles. The van der Waals surface area contributed by atoms with E-state index in [0.29, 0.717) is 0 Å². The van der Waals surface area contributed by atoms with E-state index in [-0.39, 0.29) is 0 Å². The molecule has 0 heterocycles. The average Bonchev–Trinajstić information content (AvgIpc) is 2.03. The third kappa shape index (κ3) is 4.04. The van der Waals surface area contributed by atoms with E-state index < -0.39 is 0 Å². The molecule has 0 saturated heterocycles. The van der Waals surface area contributed by atoms with Gasteiger partial charge in [-0.3, -0.25) is 4.99 Å². The molecule has 0 aliphatic heterocycles. The summed E-state index contributed by atoms with van der Waals surface area (Å²) in [7, 11) is 0. The van der Waals surface area contributed by atoms with Crippen LogP contribution in [-0.4, -0.2) is 5.71 Å². The number of allylic oxidation sites excluding steroid dienone is 6. The van der Waals surface area contributed by atoms with Gasteiger partial charge in [0, 0.05) is 5.70 Å². The molecule has 0 aromatic carbocycles. The summed E-state index contributed by atoms with van der Waals surface area (Å²) in [4.78, 5) is 4.37. The van der Waals surface area contributed by atoms with Gasteiger partial charge in [0.15, 0.2) is 0 Å². The molecule has 0 atom stereocenters. The summed E-state index contributed by atoms with van der Waals surface area (Å²) in [5, 5.41) is 0. The highest BCUT2D eigenvalue weighted by Gasteiger charge is 2.01. The first-order valence-electron chi connectivity index (χ1n) is 4.70. The van der Waals surface area contributed by atoms with E-state index in [2.05, 4.69) is 32.0 Å². The van der Waals surface area contributed by atoms with Crippen molar-refractivity contribution < 1.29 is 0 Å². The van der Waals surface area contributed by atoms with Crippen LogP contribution < -0.4 is 0 Å². The van der Waals surface area contributed by atoms with Crippen molar-refractivity contribution >= 4 is 5.71 Å². The Hall–Kier alpha value is -1.37. The SMILES string of the molecule is C=CC(C(/C=C\C)=NC(=C)C)=C(C)C. The fourth-order valence-corrected chi connectivity index (χ4v) is 1.12. The van der Waals surface area contributed by atoms with Crippen LogP contribution in [0.3, 0.4) is 0 Å². The smallest absolute Gasteiger partial charge is 0.0700 e. The first-order valence-corrected chi connectivity index (χ1v) is 4.70. The van der Waals surface area contributed by atoms with Gasteiger partial charge in [-0.2, -0.15) is 0 Å². The monoisotopic (exact) mass is 189 g/mol. The molecule has 14 heavy (non-hydrogen) atoms. The van der Waals surface area contributed by atoms with Crippen LogP contribution in [0.15, 0.2) is 53.2 Å². The van der Waals surface area contributed by atoms with Crippen LogP contribution in [-0.2, 0) is 0 Å². The lowest BCUT2D eigenvalue weighted by Crippen LogP contribution is -1.99. The Labute approximate surface area is 87.3 Å². The Morgan fingerprint density at radius 3 is 2.07 bits per heavy atom. The highest BCUT2D eigenvalue weighted by atomic mass is 14.7. The summed E-state index contributed by atoms with van der Waals surface area (Å²) in [6.45, 7) is 15.5. The van der Waals surface area contributed by atoms with E-state index in [1.165, 1.54) is 5.57 Å². The normalized spacial score (nSPS) is 11.6. The number of hydrogen-bond acceptors (Lipinski definition) is 1. The van der Waals surface area contributed by atoms with Crippen molar-refractivity contribution in [2.24, 2.45) is 4.99 Å². The number of hydrogen-bond donors (Lipinski definition) is 0. The molecule has 0 spiro atoms. The molecule has 76 valence electrons.